The second-order valence-corrected chi connectivity index (χ2v) is 5.61. The lowest BCUT2D eigenvalue weighted by atomic mass is 9.97. The maximum absolute atomic E-state index is 12.0. The van der Waals surface area contributed by atoms with Gasteiger partial charge in [-0.25, -0.2) is 0 Å². The Bertz CT molecular complexity index is 457. The molecule has 0 aromatic heterocycles. The first kappa shape index (κ1) is 13.9. The van der Waals surface area contributed by atoms with Gasteiger partial charge >= 0.3 is 0 Å². The molecule has 0 aliphatic carbocycles. The number of methoxy groups -OCH3 is 1. The van der Waals surface area contributed by atoms with Crippen LogP contribution in [0.25, 0.3) is 0 Å². The molecule has 104 valence electrons. The largest absolute Gasteiger partial charge is 0.384 e. The topological polar surface area (TPSA) is 50.4 Å². The normalized spacial score (nSPS) is 17.7. The third-order valence-electron chi connectivity index (χ3n) is 3.64. The molecule has 1 aliphatic heterocycles. The number of carbonyl (C=O) groups is 1. The summed E-state index contributed by atoms with van der Waals surface area (Å²) >= 11 is 0. The Morgan fingerprint density at radius 1 is 1.47 bits per heavy atom. The lowest BCUT2D eigenvalue weighted by Crippen LogP contribution is -2.40. The average Bonchev–Trinajstić information content (AvgIpc) is 2.80. The number of hydrogen-bond donors (Lipinski definition) is 2. The van der Waals surface area contributed by atoms with Crippen LogP contribution in [0, 0.1) is 0 Å². The molecule has 0 fully saturated rings. The molecule has 1 unspecified atom stereocenters. The van der Waals surface area contributed by atoms with E-state index in [4.69, 9.17) is 4.74 Å². The number of rotatable bonds is 5. The predicted molar refractivity (Wildman–Crippen MR) is 76.4 cm³/mol. The van der Waals surface area contributed by atoms with Crippen molar-refractivity contribution in [3.8, 4) is 0 Å². The van der Waals surface area contributed by atoms with Gasteiger partial charge in [0.2, 0.25) is 5.91 Å². The lowest BCUT2D eigenvalue weighted by Gasteiger charge is -2.23. The Morgan fingerprint density at radius 3 is 2.95 bits per heavy atom. The molecule has 1 amide bonds. The quantitative estimate of drug-likeness (QED) is 0.854. The monoisotopic (exact) mass is 262 g/mol. The molecule has 0 saturated heterocycles. The van der Waals surface area contributed by atoms with Crippen molar-refractivity contribution in [1.29, 1.82) is 0 Å². The van der Waals surface area contributed by atoms with Gasteiger partial charge < -0.3 is 15.4 Å². The highest BCUT2D eigenvalue weighted by atomic mass is 16.5. The zero-order valence-corrected chi connectivity index (χ0v) is 11.8. The standard InChI is InChI=1S/C15H22N2O2/c1-15(2,19-3)10-17-14(18)8-11-9-16-13-7-5-4-6-12(11)13/h4-7,11,16H,8-10H2,1-3H3,(H,17,18). The van der Waals surface area contributed by atoms with Gasteiger partial charge in [0.15, 0.2) is 0 Å². The summed E-state index contributed by atoms with van der Waals surface area (Å²) in [5.74, 6) is 0.343. The second-order valence-electron chi connectivity index (χ2n) is 5.61. The van der Waals surface area contributed by atoms with Crippen LogP contribution in [-0.4, -0.2) is 31.7 Å². The number of anilines is 1. The van der Waals surface area contributed by atoms with Crippen molar-refractivity contribution in [1.82, 2.24) is 5.32 Å². The van der Waals surface area contributed by atoms with Crippen LogP contribution >= 0.6 is 0 Å². The summed E-state index contributed by atoms with van der Waals surface area (Å²) in [5, 5.41) is 6.27. The average molecular weight is 262 g/mol. The zero-order valence-electron chi connectivity index (χ0n) is 11.8. The first-order chi connectivity index (χ1) is 9.02. The van der Waals surface area contributed by atoms with Crippen molar-refractivity contribution in [3.63, 3.8) is 0 Å². The number of fused-ring (bicyclic) bond motifs is 1. The van der Waals surface area contributed by atoms with Gasteiger partial charge in [0.1, 0.15) is 0 Å². The molecule has 0 spiro atoms. The third-order valence-corrected chi connectivity index (χ3v) is 3.64. The molecule has 19 heavy (non-hydrogen) atoms. The van der Waals surface area contributed by atoms with E-state index in [0.717, 1.165) is 12.2 Å². The van der Waals surface area contributed by atoms with Gasteiger partial charge in [-0.05, 0) is 25.5 Å². The van der Waals surface area contributed by atoms with E-state index >= 15 is 0 Å². The van der Waals surface area contributed by atoms with Gasteiger partial charge in [-0.2, -0.15) is 0 Å². The van der Waals surface area contributed by atoms with Crippen molar-refractivity contribution >= 4 is 11.6 Å². The smallest absolute Gasteiger partial charge is 0.220 e. The van der Waals surface area contributed by atoms with Crippen molar-refractivity contribution < 1.29 is 9.53 Å². The van der Waals surface area contributed by atoms with E-state index in [1.165, 1.54) is 5.56 Å². The SMILES string of the molecule is COC(C)(C)CNC(=O)CC1CNc2ccccc21. The van der Waals surface area contributed by atoms with Gasteiger partial charge in [-0.1, -0.05) is 18.2 Å². The number of para-hydroxylation sites is 1. The fourth-order valence-corrected chi connectivity index (χ4v) is 2.22. The van der Waals surface area contributed by atoms with Crippen molar-refractivity contribution in [2.75, 3.05) is 25.5 Å². The fourth-order valence-electron chi connectivity index (χ4n) is 2.22. The van der Waals surface area contributed by atoms with E-state index < -0.39 is 0 Å². The van der Waals surface area contributed by atoms with Crippen LogP contribution in [0.15, 0.2) is 24.3 Å². The van der Waals surface area contributed by atoms with E-state index in [-0.39, 0.29) is 17.4 Å². The van der Waals surface area contributed by atoms with Gasteiger partial charge in [-0.3, -0.25) is 4.79 Å². The molecule has 1 aromatic carbocycles. The molecule has 1 aromatic rings. The fraction of sp³-hybridized carbons (Fsp3) is 0.533. The zero-order chi connectivity index (χ0) is 13.9. The van der Waals surface area contributed by atoms with Crippen molar-refractivity contribution in [2.24, 2.45) is 0 Å². The summed E-state index contributed by atoms with van der Waals surface area (Å²) in [6.45, 7) is 5.28. The van der Waals surface area contributed by atoms with Crippen molar-refractivity contribution in [3.05, 3.63) is 29.8 Å². The molecule has 0 radical (unpaired) electrons. The molecule has 4 heteroatoms. The number of amides is 1. The summed E-state index contributed by atoms with van der Waals surface area (Å²) < 4.78 is 5.29. The van der Waals surface area contributed by atoms with Crippen molar-refractivity contribution in [2.45, 2.75) is 31.8 Å². The van der Waals surface area contributed by atoms with Crippen LogP contribution in [0.4, 0.5) is 5.69 Å². The molecule has 1 heterocycles. The van der Waals surface area contributed by atoms with E-state index in [1.54, 1.807) is 7.11 Å². The first-order valence-corrected chi connectivity index (χ1v) is 6.66. The molecule has 1 atom stereocenters. The van der Waals surface area contributed by atoms with E-state index in [2.05, 4.69) is 22.8 Å². The Kier molecular flexibility index (Phi) is 4.10. The van der Waals surface area contributed by atoms with E-state index in [9.17, 15) is 4.79 Å². The van der Waals surface area contributed by atoms with E-state index in [0.29, 0.717) is 13.0 Å². The summed E-state index contributed by atoms with van der Waals surface area (Å²) in [7, 11) is 1.66. The Balaban J connectivity index is 1.88. The number of ether oxygens (including phenoxy) is 1. The molecular formula is C15H22N2O2. The molecule has 0 saturated carbocycles. The minimum atomic E-state index is -0.318. The van der Waals surface area contributed by atoms with Crippen LogP contribution in [-0.2, 0) is 9.53 Å². The first-order valence-electron chi connectivity index (χ1n) is 6.66. The lowest BCUT2D eigenvalue weighted by molar-refractivity contribution is -0.122. The maximum Gasteiger partial charge on any atom is 0.220 e. The number of benzene rings is 1. The van der Waals surface area contributed by atoms with Crippen LogP contribution in [0.3, 0.4) is 0 Å². The van der Waals surface area contributed by atoms with Crippen LogP contribution in [0.5, 0.6) is 0 Å². The minimum absolute atomic E-state index is 0.0774. The maximum atomic E-state index is 12.0. The predicted octanol–water partition coefficient (Wildman–Crippen LogP) is 2.13. The van der Waals surface area contributed by atoms with Crippen LogP contribution in [0.1, 0.15) is 31.7 Å². The highest BCUT2D eigenvalue weighted by Gasteiger charge is 2.25. The summed E-state index contributed by atoms with van der Waals surface area (Å²) in [4.78, 5) is 12.0. The molecule has 1 aliphatic rings. The highest BCUT2D eigenvalue weighted by molar-refractivity contribution is 5.78. The molecule has 0 bridgehead atoms. The summed E-state index contributed by atoms with van der Waals surface area (Å²) in [6.07, 6.45) is 0.518. The summed E-state index contributed by atoms with van der Waals surface area (Å²) in [6, 6.07) is 8.17. The minimum Gasteiger partial charge on any atom is -0.384 e. The van der Waals surface area contributed by atoms with Gasteiger partial charge in [-0.15, -0.1) is 0 Å². The van der Waals surface area contributed by atoms with E-state index in [1.807, 2.05) is 26.0 Å². The molecular weight excluding hydrogens is 240 g/mol. The second kappa shape index (κ2) is 5.61. The van der Waals surface area contributed by atoms with Gasteiger partial charge in [0.05, 0.1) is 5.60 Å². The highest BCUT2D eigenvalue weighted by Crippen LogP contribution is 2.32. The Hall–Kier alpha value is -1.55. The number of hydrogen-bond acceptors (Lipinski definition) is 3. The molecule has 2 rings (SSSR count). The van der Waals surface area contributed by atoms with Gasteiger partial charge in [0.25, 0.3) is 0 Å². The third kappa shape index (κ3) is 3.47. The Morgan fingerprint density at radius 2 is 2.21 bits per heavy atom. The molecule has 2 N–H and O–H groups in total. The number of carbonyl (C=O) groups excluding carboxylic acids is 1. The summed E-state index contributed by atoms with van der Waals surface area (Å²) in [5.41, 5.74) is 2.07. The van der Waals surface area contributed by atoms with Crippen LogP contribution < -0.4 is 10.6 Å². The Labute approximate surface area is 114 Å². The van der Waals surface area contributed by atoms with Crippen LogP contribution in [0.2, 0.25) is 0 Å². The number of nitrogens with one attached hydrogen (secondary N) is 2. The van der Waals surface area contributed by atoms with Gasteiger partial charge in [0, 0.05) is 38.2 Å². The molecule has 4 nitrogen and oxygen atoms in total.